The number of nitrogens with zero attached hydrogens (tertiary/aromatic N) is 2. The Morgan fingerprint density at radius 3 is 1.35 bits per heavy atom. The molecule has 0 aromatic heterocycles. The summed E-state index contributed by atoms with van der Waals surface area (Å²) in [5, 5.41) is 48.5. The molecule has 4 N–H and O–H groups in total. The summed E-state index contributed by atoms with van der Waals surface area (Å²) in [7, 11) is 0. The van der Waals surface area contributed by atoms with E-state index < -0.39 is 18.0 Å². The van der Waals surface area contributed by atoms with Gasteiger partial charge in [-0.3, -0.25) is 0 Å². The number of aliphatic hydroxyl groups excluding tert-OH is 2. The van der Waals surface area contributed by atoms with E-state index in [-0.39, 0.29) is 17.8 Å². The predicted octanol–water partition coefficient (Wildman–Crippen LogP) is 0.773. The second-order valence-corrected chi connectivity index (χ2v) is 3.50. The second-order valence-electron chi connectivity index (χ2n) is 3.50. The highest BCUT2D eigenvalue weighted by Crippen LogP contribution is 1.91. The minimum Gasteiger partial charge on any atom is -0.477 e. The molecule has 8 nitrogen and oxygen atoms in total. The van der Waals surface area contributed by atoms with Crippen molar-refractivity contribution in [1.29, 1.82) is 10.5 Å². The van der Waals surface area contributed by atoms with Gasteiger partial charge < -0.3 is 20.4 Å². The van der Waals surface area contributed by atoms with Crippen LogP contribution in [0.3, 0.4) is 0 Å². The topological polar surface area (TPSA) is 163 Å². The first kappa shape index (κ1) is 24.8. The zero-order chi connectivity index (χ0) is 18.8. The van der Waals surface area contributed by atoms with Gasteiger partial charge in [0.1, 0.15) is 23.3 Å². The molecule has 0 rings (SSSR count). The third-order valence-corrected chi connectivity index (χ3v) is 1.53. The van der Waals surface area contributed by atoms with Crippen LogP contribution >= 0.6 is 0 Å². The Kier molecular flexibility index (Phi) is 18.2. The van der Waals surface area contributed by atoms with E-state index in [1.807, 2.05) is 0 Å². The van der Waals surface area contributed by atoms with E-state index in [4.69, 9.17) is 30.9 Å². The van der Waals surface area contributed by atoms with Crippen molar-refractivity contribution in [2.45, 2.75) is 13.0 Å². The van der Waals surface area contributed by atoms with Crippen LogP contribution in [0.25, 0.3) is 0 Å². The van der Waals surface area contributed by atoms with Gasteiger partial charge in [-0.25, -0.2) is 9.59 Å². The highest BCUT2D eigenvalue weighted by atomic mass is 16.4. The van der Waals surface area contributed by atoms with Crippen molar-refractivity contribution >= 4 is 11.9 Å². The van der Waals surface area contributed by atoms with Crippen molar-refractivity contribution in [2.24, 2.45) is 0 Å². The first-order valence-corrected chi connectivity index (χ1v) is 5.92. The van der Waals surface area contributed by atoms with Crippen molar-refractivity contribution in [3.63, 3.8) is 0 Å². The largest absolute Gasteiger partial charge is 0.477 e. The maximum Gasteiger partial charge on any atom is 0.346 e. The van der Waals surface area contributed by atoms with Gasteiger partial charge in [0.2, 0.25) is 0 Å². The third kappa shape index (κ3) is 18.8. The first-order chi connectivity index (χ1) is 10.7. The number of aliphatic hydroxyl groups is 2. The average molecular weight is 322 g/mol. The number of nitriles is 2. The maximum absolute atomic E-state index is 9.98. The molecule has 23 heavy (non-hydrogen) atoms. The monoisotopic (exact) mass is 322 g/mol. The van der Waals surface area contributed by atoms with Crippen LogP contribution in [-0.4, -0.2) is 45.1 Å². The van der Waals surface area contributed by atoms with E-state index in [0.29, 0.717) is 0 Å². The van der Waals surface area contributed by atoms with Gasteiger partial charge >= 0.3 is 11.9 Å². The fourth-order valence-corrected chi connectivity index (χ4v) is 0.548. The van der Waals surface area contributed by atoms with E-state index in [0.717, 1.165) is 12.2 Å². The summed E-state index contributed by atoms with van der Waals surface area (Å²) in [5.41, 5.74) is -0.602. The van der Waals surface area contributed by atoms with Gasteiger partial charge in [0, 0.05) is 0 Å². The highest BCUT2D eigenvalue weighted by Gasteiger charge is 2.02. The lowest BCUT2D eigenvalue weighted by molar-refractivity contribution is -0.133. The molecule has 124 valence electrons. The second kappa shape index (κ2) is 16.9. The number of hydrogen-bond donors (Lipinski definition) is 4. The summed E-state index contributed by atoms with van der Waals surface area (Å²) in [6.07, 6.45) is 4.24. The van der Waals surface area contributed by atoms with E-state index >= 15 is 0 Å². The van der Waals surface area contributed by atoms with E-state index in [1.165, 1.54) is 31.2 Å². The smallest absolute Gasteiger partial charge is 0.346 e. The van der Waals surface area contributed by atoms with Gasteiger partial charge in [0.25, 0.3) is 0 Å². The molecule has 8 heteroatoms. The van der Waals surface area contributed by atoms with Gasteiger partial charge in [-0.1, -0.05) is 25.3 Å². The molecule has 0 aliphatic carbocycles. The molecule has 0 fully saturated rings. The Hall–Kier alpha value is -3.20. The maximum atomic E-state index is 9.98. The molecule has 1 atom stereocenters. The van der Waals surface area contributed by atoms with Crippen LogP contribution in [0.2, 0.25) is 0 Å². The molecule has 0 aromatic rings. The molecule has 0 aromatic carbocycles. The zero-order valence-electron chi connectivity index (χ0n) is 12.5. The van der Waals surface area contributed by atoms with Gasteiger partial charge in [-0.05, 0) is 19.1 Å². The molecule has 0 spiro atoms. The molecule has 0 heterocycles. The lowest BCUT2D eigenvalue weighted by Crippen LogP contribution is -2.03. The molecular formula is C15H18N2O6. The standard InChI is InChI=1S/2C6H5NO2.C3H8O2/c2*1-2-3-5(4-7)6(8)9;1-3(5)2-4/h2*2-3H,1H2,(H,8,9);3-5H,2H2,1H3. The first-order valence-electron chi connectivity index (χ1n) is 5.92. The summed E-state index contributed by atoms with van der Waals surface area (Å²) in [6, 6.07) is 2.99. The van der Waals surface area contributed by atoms with E-state index in [2.05, 4.69) is 13.2 Å². The third-order valence-electron chi connectivity index (χ3n) is 1.53. The predicted molar refractivity (Wildman–Crippen MR) is 81.8 cm³/mol. The van der Waals surface area contributed by atoms with Crippen molar-refractivity contribution < 1.29 is 30.0 Å². The van der Waals surface area contributed by atoms with Crippen LogP contribution in [-0.2, 0) is 9.59 Å². The number of rotatable bonds is 5. The van der Waals surface area contributed by atoms with Crippen LogP contribution in [0.1, 0.15) is 6.92 Å². The van der Waals surface area contributed by atoms with Gasteiger partial charge in [0.15, 0.2) is 0 Å². The van der Waals surface area contributed by atoms with Crippen LogP contribution in [0.5, 0.6) is 0 Å². The normalized spacial score (nSPS) is 11.0. The molecule has 1 unspecified atom stereocenters. The Morgan fingerprint density at radius 1 is 1.04 bits per heavy atom. The van der Waals surface area contributed by atoms with Gasteiger partial charge in [-0.2, -0.15) is 10.5 Å². The van der Waals surface area contributed by atoms with E-state index in [1.54, 1.807) is 0 Å². The molecule has 0 radical (unpaired) electrons. The Balaban J connectivity index is -0.000000273. The number of carbonyl (C=O) groups is 2. The minimum atomic E-state index is -1.22. The molecule has 0 saturated heterocycles. The molecule has 0 aliphatic rings. The van der Waals surface area contributed by atoms with Crippen LogP contribution in [0.15, 0.2) is 48.6 Å². The minimum absolute atomic E-state index is 0.139. The Bertz CT molecular complexity index is 501. The average Bonchev–Trinajstić information content (AvgIpc) is 2.50. The van der Waals surface area contributed by atoms with Crippen molar-refractivity contribution in [3.8, 4) is 12.1 Å². The molecule has 0 bridgehead atoms. The summed E-state index contributed by atoms with van der Waals surface area (Å²) >= 11 is 0. The lowest BCUT2D eigenvalue weighted by atomic mass is 10.3. The van der Waals surface area contributed by atoms with Crippen molar-refractivity contribution in [2.75, 3.05) is 6.61 Å². The summed E-state index contributed by atoms with van der Waals surface area (Å²) in [4.78, 5) is 20.0. The SMILES string of the molecule is C=CC=C(C#N)C(=O)O.C=CC=C(C#N)C(=O)O.CC(O)CO. The van der Waals surface area contributed by atoms with Crippen LogP contribution in [0, 0.1) is 22.7 Å². The van der Waals surface area contributed by atoms with Crippen molar-refractivity contribution in [3.05, 3.63) is 48.6 Å². The fraction of sp³-hybridized carbons (Fsp3) is 0.200. The highest BCUT2D eigenvalue weighted by molar-refractivity contribution is 5.91. The summed E-state index contributed by atoms with van der Waals surface area (Å²) < 4.78 is 0. The van der Waals surface area contributed by atoms with Crippen LogP contribution in [0.4, 0.5) is 0 Å². The number of carboxylic acid groups (broad SMARTS) is 2. The molecule has 0 aliphatic heterocycles. The number of aliphatic carboxylic acids is 2. The molecule has 0 amide bonds. The fourth-order valence-electron chi connectivity index (χ4n) is 0.548. The summed E-state index contributed by atoms with van der Waals surface area (Å²) in [5.74, 6) is -2.45. The number of allylic oxidation sites excluding steroid dienone is 4. The van der Waals surface area contributed by atoms with Gasteiger partial charge in [-0.15, -0.1) is 0 Å². The van der Waals surface area contributed by atoms with Crippen molar-refractivity contribution in [1.82, 2.24) is 0 Å². The Labute approximate surface area is 133 Å². The molecular weight excluding hydrogens is 304 g/mol. The quantitative estimate of drug-likeness (QED) is 0.327. The molecule has 0 saturated carbocycles. The van der Waals surface area contributed by atoms with Crippen LogP contribution < -0.4 is 0 Å². The number of carboxylic acids is 2. The van der Waals surface area contributed by atoms with E-state index in [9.17, 15) is 9.59 Å². The number of hydrogen-bond acceptors (Lipinski definition) is 6. The zero-order valence-corrected chi connectivity index (χ0v) is 12.5. The van der Waals surface area contributed by atoms with Gasteiger partial charge in [0.05, 0.1) is 12.7 Å². The lowest BCUT2D eigenvalue weighted by Gasteiger charge is -1.90. The Morgan fingerprint density at radius 2 is 1.30 bits per heavy atom. The summed E-state index contributed by atoms with van der Waals surface area (Å²) in [6.45, 7) is 7.87.